The van der Waals surface area contributed by atoms with E-state index in [1.54, 1.807) is 31.4 Å². The van der Waals surface area contributed by atoms with Crippen LogP contribution in [0.15, 0.2) is 79.0 Å². The third-order valence-corrected chi connectivity index (χ3v) is 5.44. The van der Waals surface area contributed by atoms with Gasteiger partial charge in [0.25, 0.3) is 5.91 Å². The summed E-state index contributed by atoms with van der Waals surface area (Å²) in [5.41, 5.74) is 3.72. The summed E-state index contributed by atoms with van der Waals surface area (Å²) in [7, 11) is 1.60. The molecule has 0 radical (unpaired) electrons. The lowest BCUT2D eigenvalue weighted by Crippen LogP contribution is -2.29. The van der Waals surface area contributed by atoms with Crippen LogP contribution in [-0.2, 0) is 0 Å². The van der Waals surface area contributed by atoms with Crippen LogP contribution in [-0.4, -0.2) is 24.5 Å². The maximum atomic E-state index is 12.7. The summed E-state index contributed by atoms with van der Waals surface area (Å²) in [5, 5.41) is 4.87. The van der Waals surface area contributed by atoms with Gasteiger partial charge in [-0.2, -0.15) is 0 Å². The summed E-state index contributed by atoms with van der Waals surface area (Å²) in [5.74, 6) is 0.501. The van der Waals surface area contributed by atoms with Crippen LogP contribution < -0.4 is 10.1 Å². The molecule has 1 aromatic heterocycles. The van der Waals surface area contributed by atoms with Gasteiger partial charge in [-0.15, -0.1) is 0 Å². The monoisotopic (exact) mass is 404 g/mol. The van der Waals surface area contributed by atoms with E-state index < -0.39 is 0 Å². The number of ether oxygens (including phenoxy) is 1. The molecule has 0 spiro atoms. The lowest BCUT2D eigenvalue weighted by molar-refractivity contribution is 0.0952. The van der Waals surface area contributed by atoms with Gasteiger partial charge in [-0.1, -0.05) is 48.0 Å². The second-order valence-electron chi connectivity index (χ2n) is 6.80. The Bertz CT molecular complexity index is 1140. The molecule has 0 aliphatic heterocycles. The molecular formula is C24H21ClN2O2. The minimum Gasteiger partial charge on any atom is -0.497 e. The molecule has 29 heavy (non-hydrogen) atoms. The number of carbonyl (C=O) groups is 1. The second kappa shape index (κ2) is 8.41. The maximum Gasteiger partial charge on any atom is 0.251 e. The Hall–Kier alpha value is -3.24. The highest BCUT2D eigenvalue weighted by Gasteiger charge is 2.21. The molecular weight excluding hydrogens is 384 g/mol. The summed E-state index contributed by atoms with van der Waals surface area (Å²) in [4.78, 5) is 16.0. The van der Waals surface area contributed by atoms with E-state index in [0.29, 0.717) is 22.9 Å². The number of hydrogen-bond acceptors (Lipinski definition) is 2. The highest BCUT2D eigenvalue weighted by molar-refractivity contribution is 6.31. The van der Waals surface area contributed by atoms with Crippen molar-refractivity contribution in [2.45, 2.75) is 5.92 Å². The number of benzene rings is 3. The number of methoxy groups -OCH3 is 1. The fraction of sp³-hybridized carbons (Fsp3) is 0.125. The SMILES string of the molecule is COc1ccc(C(=O)NC[C@@H](c2ccccc2Cl)c2c[nH]c3ccccc23)cc1. The van der Waals surface area contributed by atoms with Crippen LogP contribution in [0.4, 0.5) is 0 Å². The van der Waals surface area contributed by atoms with Gasteiger partial charge in [-0.05, 0) is 47.5 Å². The zero-order valence-electron chi connectivity index (χ0n) is 16.0. The molecule has 146 valence electrons. The van der Waals surface area contributed by atoms with Crippen LogP contribution in [0, 0.1) is 0 Å². The number of aromatic nitrogens is 1. The van der Waals surface area contributed by atoms with Crippen LogP contribution in [0.2, 0.25) is 5.02 Å². The molecule has 5 heteroatoms. The van der Waals surface area contributed by atoms with Gasteiger partial charge in [0.2, 0.25) is 0 Å². The maximum absolute atomic E-state index is 12.7. The van der Waals surface area contributed by atoms with Crippen molar-refractivity contribution in [3.63, 3.8) is 0 Å². The van der Waals surface area contributed by atoms with Crippen LogP contribution in [0.25, 0.3) is 10.9 Å². The number of nitrogens with one attached hydrogen (secondary N) is 2. The van der Waals surface area contributed by atoms with Crippen molar-refractivity contribution < 1.29 is 9.53 Å². The predicted octanol–water partition coefficient (Wildman–Crippen LogP) is 5.39. The summed E-state index contributed by atoms with van der Waals surface area (Å²) in [6.45, 7) is 0.427. The predicted molar refractivity (Wildman–Crippen MR) is 117 cm³/mol. The Morgan fingerprint density at radius 2 is 1.72 bits per heavy atom. The molecule has 0 aliphatic carbocycles. The Labute approximate surface area is 174 Å². The first kappa shape index (κ1) is 19.1. The fourth-order valence-electron chi connectivity index (χ4n) is 3.57. The third-order valence-electron chi connectivity index (χ3n) is 5.10. The Balaban J connectivity index is 1.64. The van der Waals surface area contributed by atoms with E-state index >= 15 is 0 Å². The molecule has 0 saturated heterocycles. The van der Waals surface area contributed by atoms with Gasteiger partial charge >= 0.3 is 0 Å². The molecule has 1 atom stereocenters. The minimum atomic E-state index is -0.135. The first-order valence-electron chi connectivity index (χ1n) is 9.40. The fourth-order valence-corrected chi connectivity index (χ4v) is 3.83. The van der Waals surface area contributed by atoms with Gasteiger partial charge in [0.15, 0.2) is 0 Å². The second-order valence-corrected chi connectivity index (χ2v) is 7.21. The van der Waals surface area contributed by atoms with Crippen LogP contribution in [0.3, 0.4) is 0 Å². The molecule has 0 bridgehead atoms. The molecule has 2 N–H and O–H groups in total. The quantitative estimate of drug-likeness (QED) is 0.452. The zero-order chi connectivity index (χ0) is 20.2. The standard InChI is InChI=1S/C24H21ClN2O2/c1-29-17-12-10-16(11-13-17)24(28)27-15-20(18-6-2-4-8-22(18)25)21-14-26-23-9-5-3-7-19(21)23/h2-14,20,26H,15H2,1H3,(H,27,28)/t20-/m0/s1. The van der Waals surface area contributed by atoms with E-state index in [-0.39, 0.29) is 11.8 Å². The molecule has 3 aromatic carbocycles. The number of hydrogen-bond donors (Lipinski definition) is 2. The van der Waals surface area contributed by atoms with E-state index in [9.17, 15) is 4.79 Å². The van der Waals surface area contributed by atoms with Gasteiger partial charge in [0.1, 0.15) is 5.75 Å². The molecule has 1 amide bonds. The van der Waals surface area contributed by atoms with Gasteiger partial charge in [-0.3, -0.25) is 4.79 Å². The Morgan fingerprint density at radius 1 is 1.00 bits per heavy atom. The Morgan fingerprint density at radius 3 is 2.48 bits per heavy atom. The largest absolute Gasteiger partial charge is 0.497 e. The summed E-state index contributed by atoms with van der Waals surface area (Å²) < 4.78 is 5.16. The number of halogens is 1. The molecule has 4 aromatic rings. The van der Waals surface area contributed by atoms with Crippen molar-refractivity contribution in [3.05, 3.63) is 101 Å². The molecule has 0 fully saturated rings. The normalized spacial score (nSPS) is 11.9. The van der Waals surface area contributed by atoms with Crippen molar-refractivity contribution in [1.82, 2.24) is 10.3 Å². The van der Waals surface area contributed by atoms with Gasteiger partial charge in [0, 0.05) is 40.1 Å². The molecule has 0 saturated carbocycles. The van der Waals surface area contributed by atoms with E-state index in [1.807, 2.05) is 48.7 Å². The molecule has 0 aliphatic rings. The van der Waals surface area contributed by atoms with Crippen LogP contribution in [0.5, 0.6) is 5.75 Å². The number of fused-ring (bicyclic) bond motifs is 1. The summed E-state index contributed by atoms with van der Waals surface area (Å²) in [6, 6.07) is 23.0. The lowest BCUT2D eigenvalue weighted by Gasteiger charge is -2.19. The molecule has 4 rings (SSSR count). The topological polar surface area (TPSA) is 54.1 Å². The van der Waals surface area contributed by atoms with Crippen molar-refractivity contribution in [2.24, 2.45) is 0 Å². The van der Waals surface area contributed by atoms with Crippen molar-refractivity contribution >= 4 is 28.4 Å². The first-order valence-corrected chi connectivity index (χ1v) is 9.78. The van der Waals surface area contributed by atoms with Crippen LogP contribution >= 0.6 is 11.6 Å². The van der Waals surface area contributed by atoms with Crippen molar-refractivity contribution in [3.8, 4) is 5.75 Å². The number of amides is 1. The smallest absolute Gasteiger partial charge is 0.251 e. The van der Waals surface area contributed by atoms with Gasteiger partial charge in [0.05, 0.1) is 7.11 Å². The van der Waals surface area contributed by atoms with E-state index in [2.05, 4.69) is 16.4 Å². The number of H-pyrrole nitrogens is 1. The molecule has 0 unspecified atom stereocenters. The summed E-state index contributed by atoms with van der Waals surface area (Å²) in [6.07, 6.45) is 2.00. The van der Waals surface area contributed by atoms with Gasteiger partial charge in [-0.25, -0.2) is 0 Å². The highest BCUT2D eigenvalue weighted by Crippen LogP contribution is 2.34. The summed E-state index contributed by atoms with van der Waals surface area (Å²) >= 11 is 6.52. The number of aromatic amines is 1. The van der Waals surface area contributed by atoms with E-state index in [0.717, 1.165) is 22.0 Å². The molecule has 4 nitrogen and oxygen atoms in total. The number of carbonyl (C=O) groups excluding carboxylic acids is 1. The van der Waals surface area contributed by atoms with Crippen molar-refractivity contribution in [1.29, 1.82) is 0 Å². The number of rotatable bonds is 6. The third kappa shape index (κ3) is 3.98. The van der Waals surface area contributed by atoms with Crippen LogP contribution in [0.1, 0.15) is 27.4 Å². The van der Waals surface area contributed by atoms with E-state index in [4.69, 9.17) is 16.3 Å². The Kier molecular flexibility index (Phi) is 5.54. The average molecular weight is 405 g/mol. The molecule has 1 heterocycles. The zero-order valence-corrected chi connectivity index (χ0v) is 16.7. The van der Waals surface area contributed by atoms with E-state index in [1.165, 1.54) is 0 Å². The highest BCUT2D eigenvalue weighted by atomic mass is 35.5. The minimum absolute atomic E-state index is 0.0814. The van der Waals surface area contributed by atoms with Crippen molar-refractivity contribution in [2.75, 3.05) is 13.7 Å². The first-order chi connectivity index (χ1) is 14.2. The van der Waals surface area contributed by atoms with Gasteiger partial charge < -0.3 is 15.0 Å². The lowest BCUT2D eigenvalue weighted by atomic mass is 9.90. The average Bonchev–Trinajstić information content (AvgIpc) is 3.19. The number of para-hydroxylation sites is 1.